The maximum absolute atomic E-state index is 13.4. The number of hydrogen-bond acceptors (Lipinski definition) is 3. The molecule has 0 aromatic carbocycles. The van der Waals surface area contributed by atoms with E-state index in [4.69, 9.17) is 9.47 Å². The highest BCUT2D eigenvalue weighted by Gasteiger charge is 2.71. The molecule has 1 saturated heterocycles. The van der Waals surface area contributed by atoms with E-state index in [2.05, 4.69) is 26.0 Å². The predicted octanol–water partition coefficient (Wildman–Crippen LogP) is 4.04. The highest BCUT2D eigenvalue weighted by atomic mass is 16.6. The molecule has 0 aromatic heterocycles. The summed E-state index contributed by atoms with van der Waals surface area (Å²) in [4.78, 5) is 13.4. The van der Waals surface area contributed by atoms with E-state index in [0.29, 0.717) is 17.6 Å². The number of ether oxygens (including phenoxy) is 2. The van der Waals surface area contributed by atoms with Crippen LogP contribution in [0.5, 0.6) is 0 Å². The summed E-state index contributed by atoms with van der Waals surface area (Å²) in [5, 5.41) is 0. The topological polar surface area (TPSA) is 38.8 Å². The number of allylic oxidation sites excluding steroid dienone is 4. The minimum Gasteiger partial charge on any atom is -0.501 e. The lowest BCUT2D eigenvalue weighted by Gasteiger charge is -2.55. The summed E-state index contributed by atoms with van der Waals surface area (Å²) in [5.74, 6) is 2.91. The third kappa shape index (κ3) is 1.65. The maximum Gasteiger partial charge on any atom is 0.137 e. The van der Waals surface area contributed by atoms with E-state index in [1.807, 2.05) is 0 Å². The number of carbonyl (C=O) groups is 1. The number of carbonyl (C=O) groups excluding carboxylic acids is 1. The van der Waals surface area contributed by atoms with Gasteiger partial charge in [0, 0.05) is 29.6 Å². The van der Waals surface area contributed by atoms with Gasteiger partial charge in [-0.05, 0) is 49.2 Å². The molecule has 0 aromatic rings. The number of rotatable bonds is 1. The van der Waals surface area contributed by atoms with E-state index < -0.39 is 0 Å². The van der Waals surface area contributed by atoms with Crippen molar-refractivity contribution >= 4 is 5.78 Å². The minimum absolute atomic E-state index is 0.00349. The predicted molar refractivity (Wildman–Crippen MR) is 91.3 cm³/mol. The van der Waals surface area contributed by atoms with E-state index in [0.717, 1.165) is 44.5 Å². The van der Waals surface area contributed by atoms with Crippen LogP contribution >= 0.6 is 0 Å². The highest BCUT2D eigenvalue weighted by molar-refractivity contribution is 5.85. The zero-order valence-corrected chi connectivity index (χ0v) is 15.1. The summed E-state index contributed by atoms with van der Waals surface area (Å²) in [6.45, 7) is 5.55. The Hall–Kier alpha value is -1.09. The van der Waals surface area contributed by atoms with Crippen molar-refractivity contribution in [2.75, 3.05) is 13.7 Å². The first kappa shape index (κ1) is 15.2. The van der Waals surface area contributed by atoms with Gasteiger partial charge in [-0.3, -0.25) is 4.79 Å². The molecular weight excluding hydrogens is 300 g/mol. The van der Waals surface area contributed by atoms with Gasteiger partial charge in [-0.15, -0.1) is 0 Å². The standard InChI is InChI=1S/C21H28O3/c1-19-8-6-14(23-3)10-13(19)4-5-15-16-7-9-21(12-24-21)20(16,2)11-17(22)18(15)19/h4,10,15-16,18H,5-9,11-12H2,1-3H3/t15-,16+,18+,19-,20-,21-/m0/s1. The largest absolute Gasteiger partial charge is 0.501 e. The monoisotopic (exact) mass is 328 g/mol. The molecule has 5 rings (SSSR count). The molecule has 1 spiro atoms. The van der Waals surface area contributed by atoms with Gasteiger partial charge in [0.15, 0.2) is 0 Å². The van der Waals surface area contributed by atoms with Crippen LogP contribution < -0.4 is 0 Å². The van der Waals surface area contributed by atoms with E-state index in [1.54, 1.807) is 7.11 Å². The third-order valence-electron chi connectivity index (χ3n) is 8.47. The number of fused-ring (bicyclic) bond motifs is 6. The lowest BCUT2D eigenvalue weighted by Crippen LogP contribution is -2.55. The fourth-order valence-corrected chi connectivity index (χ4v) is 6.93. The first-order chi connectivity index (χ1) is 11.4. The number of methoxy groups -OCH3 is 1. The first-order valence-corrected chi connectivity index (χ1v) is 9.55. The van der Waals surface area contributed by atoms with Crippen molar-refractivity contribution in [2.24, 2.45) is 28.6 Å². The number of Topliss-reactive ketones (excluding diaryl/α,β-unsaturated/α-hetero) is 1. The zero-order valence-electron chi connectivity index (χ0n) is 15.1. The molecular formula is C21H28O3. The quantitative estimate of drug-likeness (QED) is 0.682. The van der Waals surface area contributed by atoms with Crippen LogP contribution in [-0.4, -0.2) is 25.1 Å². The van der Waals surface area contributed by atoms with Gasteiger partial charge in [0.25, 0.3) is 0 Å². The molecule has 6 atom stereocenters. The van der Waals surface area contributed by atoms with Crippen molar-refractivity contribution in [3.63, 3.8) is 0 Å². The van der Waals surface area contributed by atoms with Crippen LogP contribution in [0.3, 0.4) is 0 Å². The second-order valence-electron chi connectivity index (χ2n) is 9.26. The van der Waals surface area contributed by atoms with Gasteiger partial charge < -0.3 is 9.47 Å². The van der Waals surface area contributed by atoms with Crippen molar-refractivity contribution < 1.29 is 14.3 Å². The molecule has 130 valence electrons. The minimum atomic E-state index is 0.00349. The lowest BCUT2D eigenvalue weighted by molar-refractivity contribution is -0.144. The van der Waals surface area contributed by atoms with Gasteiger partial charge in [-0.1, -0.05) is 19.9 Å². The van der Waals surface area contributed by atoms with Crippen LogP contribution in [0.4, 0.5) is 0 Å². The van der Waals surface area contributed by atoms with Crippen LogP contribution in [0.1, 0.15) is 52.4 Å². The molecule has 4 aliphatic carbocycles. The molecule has 3 nitrogen and oxygen atoms in total. The molecule has 0 bridgehead atoms. The summed E-state index contributed by atoms with van der Waals surface area (Å²) in [5.41, 5.74) is 1.47. The molecule has 3 fully saturated rings. The maximum atomic E-state index is 13.4. The smallest absolute Gasteiger partial charge is 0.137 e. The average molecular weight is 328 g/mol. The SMILES string of the molecule is COC1=CC2=CC[C@H]3[C@H]4CC[C@]5(CO5)[C@@]4(C)CC(=O)[C@@H]3[C@@]2(C)CC1. The van der Waals surface area contributed by atoms with Gasteiger partial charge in [0.1, 0.15) is 5.78 Å². The van der Waals surface area contributed by atoms with Crippen LogP contribution in [0.15, 0.2) is 23.5 Å². The Balaban J connectivity index is 1.57. The van der Waals surface area contributed by atoms with Crippen LogP contribution in [0.25, 0.3) is 0 Å². The summed E-state index contributed by atoms with van der Waals surface area (Å²) in [6, 6.07) is 0. The Morgan fingerprint density at radius 2 is 2.08 bits per heavy atom. The van der Waals surface area contributed by atoms with Gasteiger partial charge in [-0.25, -0.2) is 0 Å². The highest BCUT2D eigenvalue weighted by Crippen LogP contribution is 2.69. The number of hydrogen-bond donors (Lipinski definition) is 0. The molecule has 0 radical (unpaired) electrons. The Kier molecular flexibility index (Phi) is 2.88. The van der Waals surface area contributed by atoms with E-state index in [1.165, 1.54) is 12.0 Å². The average Bonchev–Trinajstić information content (AvgIpc) is 3.28. The van der Waals surface area contributed by atoms with Gasteiger partial charge >= 0.3 is 0 Å². The van der Waals surface area contributed by atoms with E-state index in [-0.39, 0.29) is 22.3 Å². The van der Waals surface area contributed by atoms with Gasteiger partial charge in [-0.2, -0.15) is 0 Å². The fourth-order valence-electron chi connectivity index (χ4n) is 6.93. The molecule has 3 heteroatoms. The van der Waals surface area contributed by atoms with E-state index in [9.17, 15) is 4.79 Å². The van der Waals surface area contributed by atoms with Gasteiger partial charge in [0.05, 0.1) is 25.1 Å². The van der Waals surface area contributed by atoms with Crippen LogP contribution in [0.2, 0.25) is 0 Å². The molecule has 2 saturated carbocycles. The number of epoxide rings is 1. The molecule has 24 heavy (non-hydrogen) atoms. The normalized spacial score (nSPS) is 52.1. The van der Waals surface area contributed by atoms with Crippen LogP contribution in [0, 0.1) is 28.6 Å². The Labute approximate surface area is 144 Å². The van der Waals surface area contributed by atoms with Crippen molar-refractivity contribution in [1.29, 1.82) is 0 Å². The summed E-state index contributed by atoms with van der Waals surface area (Å²) in [7, 11) is 1.76. The Morgan fingerprint density at radius 3 is 2.79 bits per heavy atom. The fraction of sp³-hybridized carbons (Fsp3) is 0.762. The Morgan fingerprint density at radius 1 is 1.29 bits per heavy atom. The second kappa shape index (κ2) is 4.55. The zero-order chi connectivity index (χ0) is 16.7. The molecule has 1 heterocycles. The van der Waals surface area contributed by atoms with Crippen molar-refractivity contribution in [2.45, 2.75) is 58.0 Å². The van der Waals surface area contributed by atoms with Crippen LogP contribution in [-0.2, 0) is 14.3 Å². The summed E-state index contributed by atoms with van der Waals surface area (Å²) < 4.78 is 11.4. The Bertz CT molecular complexity index is 671. The number of ketones is 1. The molecule has 0 N–H and O–H groups in total. The van der Waals surface area contributed by atoms with E-state index >= 15 is 0 Å². The molecule has 0 amide bonds. The third-order valence-corrected chi connectivity index (χ3v) is 8.47. The first-order valence-electron chi connectivity index (χ1n) is 9.55. The summed E-state index contributed by atoms with van der Waals surface area (Å²) in [6.07, 6.45) is 10.8. The molecule has 1 aliphatic heterocycles. The van der Waals surface area contributed by atoms with Crippen molar-refractivity contribution in [3.05, 3.63) is 23.5 Å². The lowest BCUT2D eigenvalue weighted by atomic mass is 9.47. The van der Waals surface area contributed by atoms with Crippen molar-refractivity contribution in [3.8, 4) is 0 Å². The molecule has 5 aliphatic rings. The second-order valence-corrected chi connectivity index (χ2v) is 9.26. The van der Waals surface area contributed by atoms with Crippen molar-refractivity contribution in [1.82, 2.24) is 0 Å². The summed E-state index contributed by atoms with van der Waals surface area (Å²) >= 11 is 0. The molecule has 0 unspecified atom stereocenters. The van der Waals surface area contributed by atoms with Gasteiger partial charge in [0.2, 0.25) is 0 Å².